The summed E-state index contributed by atoms with van der Waals surface area (Å²) in [4.78, 5) is 23.6. The van der Waals surface area contributed by atoms with E-state index in [1.54, 1.807) is 13.0 Å². The summed E-state index contributed by atoms with van der Waals surface area (Å²) < 4.78 is 43.6. The second-order valence-corrected chi connectivity index (χ2v) is 6.80. The molecular formula is C19H17BrF3NO3. The lowest BCUT2D eigenvalue weighted by Crippen LogP contribution is -2.48. The Morgan fingerprint density at radius 3 is 2.44 bits per heavy atom. The van der Waals surface area contributed by atoms with Crippen LogP contribution < -0.4 is 5.32 Å². The van der Waals surface area contributed by atoms with Crippen LogP contribution in [0.5, 0.6) is 0 Å². The average molecular weight is 444 g/mol. The lowest BCUT2D eigenvalue weighted by atomic mass is 9.98. The Balaban J connectivity index is 2.24. The van der Waals surface area contributed by atoms with Crippen molar-refractivity contribution >= 4 is 27.8 Å². The van der Waals surface area contributed by atoms with Crippen LogP contribution in [0.1, 0.15) is 23.6 Å². The maximum atomic E-state index is 14.6. The molecule has 2 aromatic carbocycles. The largest absolute Gasteiger partial charge is 0.480 e. The number of carboxylic acid groups (broad SMARTS) is 1. The molecule has 8 heteroatoms. The summed E-state index contributed by atoms with van der Waals surface area (Å²) in [5.41, 5.74) is -0.212. The van der Waals surface area contributed by atoms with E-state index in [1.165, 1.54) is 24.3 Å². The fraction of sp³-hybridized carbons (Fsp3) is 0.263. The number of carbonyl (C=O) groups excluding carboxylic acids is 1. The van der Waals surface area contributed by atoms with Gasteiger partial charge >= 0.3 is 11.9 Å². The molecule has 0 saturated carbocycles. The van der Waals surface area contributed by atoms with E-state index in [9.17, 15) is 27.9 Å². The second-order valence-electron chi connectivity index (χ2n) is 5.89. The number of carbonyl (C=O) groups is 2. The van der Waals surface area contributed by atoms with E-state index in [-0.39, 0.29) is 17.5 Å². The summed E-state index contributed by atoms with van der Waals surface area (Å²) >= 11 is 3.07. The first kappa shape index (κ1) is 21.0. The molecule has 2 rings (SSSR count). The Labute approximate surface area is 162 Å². The second kappa shape index (κ2) is 8.56. The van der Waals surface area contributed by atoms with E-state index in [1.807, 2.05) is 5.32 Å². The van der Waals surface area contributed by atoms with Gasteiger partial charge in [-0.05, 0) is 29.7 Å². The lowest BCUT2D eigenvalue weighted by molar-refractivity contribution is -0.152. The van der Waals surface area contributed by atoms with Crippen LogP contribution in [-0.2, 0) is 28.4 Å². The van der Waals surface area contributed by atoms with Crippen LogP contribution in [0.25, 0.3) is 0 Å². The molecule has 27 heavy (non-hydrogen) atoms. The highest BCUT2D eigenvalue weighted by Gasteiger charge is 2.43. The normalized spacial score (nSPS) is 12.5. The molecule has 0 aromatic heterocycles. The summed E-state index contributed by atoms with van der Waals surface area (Å²) in [6.07, 6.45) is -0.183. The number of carboxylic acids is 1. The van der Waals surface area contributed by atoms with Crippen molar-refractivity contribution in [2.24, 2.45) is 0 Å². The number of alkyl halides is 2. The molecule has 0 heterocycles. The first-order chi connectivity index (χ1) is 12.7. The molecule has 0 bridgehead atoms. The number of benzene rings is 2. The molecule has 0 aliphatic rings. The van der Waals surface area contributed by atoms with Gasteiger partial charge in [-0.1, -0.05) is 53.2 Å². The fourth-order valence-corrected chi connectivity index (χ4v) is 2.95. The Morgan fingerprint density at radius 1 is 1.19 bits per heavy atom. The average Bonchev–Trinajstić information content (AvgIpc) is 2.62. The van der Waals surface area contributed by atoms with E-state index < -0.39 is 41.6 Å². The van der Waals surface area contributed by atoms with Crippen molar-refractivity contribution in [2.75, 3.05) is 0 Å². The van der Waals surface area contributed by atoms with E-state index in [4.69, 9.17) is 0 Å². The van der Waals surface area contributed by atoms with Crippen LogP contribution in [0.15, 0.2) is 46.9 Å². The van der Waals surface area contributed by atoms with Crippen molar-refractivity contribution in [1.82, 2.24) is 5.32 Å². The van der Waals surface area contributed by atoms with Crippen molar-refractivity contribution in [3.63, 3.8) is 0 Å². The highest BCUT2D eigenvalue weighted by atomic mass is 79.9. The number of aryl methyl sites for hydroxylation is 1. The van der Waals surface area contributed by atoms with Gasteiger partial charge in [-0.2, -0.15) is 8.78 Å². The lowest BCUT2D eigenvalue weighted by Gasteiger charge is -2.22. The van der Waals surface area contributed by atoms with Gasteiger partial charge in [0.15, 0.2) is 0 Å². The first-order valence-electron chi connectivity index (χ1n) is 8.10. The molecule has 2 N–H and O–H groups in total. The van der Waals surface area contributed by atoms with E-state index >= 15 is 0 Å². The summed E-state index contributed by atoms with van der Waals surface area (Å²) in [6, 6.07) is 7.80. The monoisotopic (exact) mass is 443 g/mol. The summed E-state index contributed by atoms with van der Waals surface area (Å²) in [7, 11) is 0. The number of nitrogens with one attached hydrogen (secondary N) is 1. The van der Waals surface area contributed by atoms with Gasteiger partial charge in [0.25, 0.3) is 5.91 Å². The van der Waals surface area contributed by atoms with Gasteiger partial charge in [0.2, 0.25) is 0 Å². The minimum atomic E-state index is -3.92. The molecule has 2 aromatic rings. The minimum Gasteiger partial charge on any atom is -0.480 e. The third kappa shape index (κ3) is 4.88. The Hall–Kier alpha value is -2.35. The zero-order valence-corrected chi connectivity index (χ0v) is 15.9. The van der Waals surface area contributed by atoms with Gasteiger partial charge in [0, 0.05) is 16.5 Å². The van der Waals surface area contributed by atoms with Gasteiger partial charge in [0.1, 0.15) is 11.9 Å². The maximum Gasteiger partial charge on any atom is 0.350 e. The zero-order valence-electron chi connectivity index (χ0n) is 14.3. The summed E-state index contributed by atoms with van der Waals surface area (Å²) in [6.45, 7) is 1.67. The van der Waals surface area contributed by atoms with Gasteiger partial charge in [-0.25, -0.2) is 9.18 Å². The molecule has 0 radical (unpaired) electrons. The third-order valence-corrected chi connectivity index (χ3v) is 4.56. The molecule has 0 spiro atoms. The number of rotatable bonds is 7. The van der Waals surface area contributed by atoms with Crippen LogP contribution in [0.3, 0.4) is 0 Å². The Kier molecular flexibility index (Phi) is 6.64. The SMILES string of the molecule is CCc1ccccc1C(F)(F)C(=O)N[C@H](Cc1ccc(Br)cc1F)C(=O)O. The number of aliphatic carboxylic acids is 1. The van der Waals surface area contributed by atoms with Crippen molar-refractivity contribution < 1.29 is 27.9 Å². The first-order valence-corrected chi connectivity index (χ1v) is 8.90. The number of amides is 1. The highest BCUT2D eigenvalue weighted by Crippen LogP contribution is 2.31. The molecule has 0 aliphatic carbocycles. The van der Waals surface area contributed by atoms with Gasteiger partial charge in [-0.3, -0.25) is 4.79 Å². The van der Waals surface area contributed by atoms with E-state index in [0.717, 1.165) is 12.1 Å². The van der Waals surface area contributed by atoms with E-state index in [2.05, 4.69) is 15.9 Å². The molecular weight excluding hydrogens is 427 g/mol. The standard InChI is InChI=1S/C19H17BrF3NO3/c1-2-11-5-3-4-6-14(11)19(22,23)18(27)24-16(17(25)26)9-12-7-8-13(20)10-15(12)21/h3-8,10,16H,2,9H2,1H3,(H,24,27)(H,25,26)/t16-/m1/s1. The predicted octanol–water partition coefficient (Wildman–Crippen LogP) is 4.05. The van der Waals surface area contributed by atoms with E-state index in [0.29, 0.717) is 4.47 Å². The van der Waals surface area contributed by atoms with Crippen molar-refractivity contribution in [1.29, 1.82) is 0 Å². The summed E-state index contributed by atoms with van der Waals surface area (Å²) in [5.74, 6) is -7.90. The van der Waals surface area contributed by atoms with Crippen LogP contribution >= 0.6 is 15.9 Å². The van der Waals surface area contributed by atoms with Crippen LogP contribution in [0.4, 0.5) is 13.2 Å². The number of halogens is 4. The minimum absolute atomic E-state index is 0.0109. The summed E-state index contributed by atoms with van der Waals surface area (Å²) in [5, 5.41) is 11.1. The molecule has 0 unspecified atom stereocenters. The smallest absolute Gasteiger partial charge is 0.350 e. The molecule has 0 saturated heterocycles. The fourth-order valence-electron chi connectivity index (χ4n) is 2.61. The van der Waals surface area contributed by atoms with Crippen molar-refractivity contribution in [3.8, 4) is 0 Å². The molecule has 4 nitrogen and oxygen atoms in total. The molecule has 1 atom stereocenters. The van der Waals surface area contributed by atoms with Crippen LogP contribution in [0.2, 0.25) is 0 Å². The topological polar surface area (TPSA) is 66.4 Å². The maximum absolute atomic E-state index is 14.6. The third-order valence-electron chi connectivity index (χ3n) is 4.06. The number of hydrogen-bond acceptors (Lipinski definition) is 2. The molecule has 1 amide bonds. The highest BCUT2D eigenvalue weighted by molar-refractivity contribution is 9.10. The number of hydrogen-bond donors (Lipinski definition) is 2. The molecule has 144 valence electrons. The molecule has 0 fully saturated rings. The van der Waals surface area contributed by atoms with Gasteiger partial charge < -0.3 is 10.4 Å². The van der Waals surface area contributed by atoms with Crippen molar-refractivity contribution in [3.05, 3.63) is 69.4 Å². The molecule has 0 aliphatic heterocycles. The Morgan fingerprint density at radius 2 is 1.85 bits per heavy atom. The van der Waals surface area contributed by atoms with Crippen LogP contribution in [0, 0.1) is 5.82 Å². The van der Waals surface area contributed by atoms with Crippen LogP contribution in [-0.4, -0.2) is 23.0 Å². The quantitative estimate of drug-likeness (QED) is 0.677. The van der Waals surface area contributed by atoms with Crippen molar-refractivity contribution in [2.45, 2.75) is 31.7 Å². The van der Waals surface area contributed by atoms with Gasteiger partial charge in [0.05, 0.1) is 0 Å². The predicted molar refractivity (Wildman–Crippen MR) is 97.1 cm³/mol. The Bertz CT molecular complexity index is 858. The zero-order chi connectivity index (χ0) is 20.2. The van der Waals surface area contributed by atoms with Gasteiger partial charge in [-0.15, -0.1) is 0 Å².